The van der Waals surface area contributed by atoms with Crippen molar-refractivity contribution in [3.8, 4) is 18.2 Å². The Hall–Kier alpha value is -1.69. The Kier molecular flexibility index (Phi) is 2.34. The standard InChI is InChI=1S/C8H8N2O/c1-2-6-11-8-5-3-4-7(9)10-8/h1,3-5H,6H2,(H2,9,10). The Balaban J connectivity index is 2.65. The Bertz CT molecular complexity index is 278. The van der Waals surface area contributed by atoms with Gasteiger partial charge in [0.2, 0.25) is 5.88 Å². The molecule has 0 aliphatic heterocycles. The van der Waals surface area contributed by atoms with Crippen LogP contribution in [0.3, 0.4) is 0 Å². The summed E-state index contributed by atoms with van der Waals surface area (Å²) >= 11 is 0. The van der Waals surface area contributed by atoms with E-state index in [0.717, 1.165) is 0 Å². The predicted molar refractivity (Wildman–Crippen MR) is 43.0 cm³/mol. The van der Waals surface area contributed by atoms with Crippen molar-refractivity contribution in [1.82, 2.24) is 4.98 Å². The first-order valence-electron chi connectivity index (χ1n) is 3.11. The van der Waals surface area contributed by atoms with Crippen LogP contribution in [0.1, 0.15) is 0 Å². The van der Waals surface area contributed by atoms with Crippen molar-refractivity contribution >= 4 is 5.82 Å². The van der Waals surface area contributed by atoms with Crippen LogP contribution in [0.4, 0.5) is 5.82 Å². The molecule has 56 valence electrons. The monoisotopic (exact) mass is 148 g/mol. The average Bonchev–Trinajstić information content (AvgIpc) is 2.01. The molecule has 0 bridgehead atoms. The minimum absolute atomic E-state index is 0.219. The molecule has 1 aromatic heterocycles. The molecule has 0 fully saturated rings. The molecule has 3 nitrogen and oxygen atoms in total. The third-order valence-electron chi connectivity index (χ3n) is 1.05. The molecule has 0 amide bonds. The molecule has 1 heterocycles. The summed E-state index contributed by atoms with van der Waals surface area (Å²) < 4.78 is 5.01. The van der Waals surface area contributed by atoms with Gasteiger partial charge in [-0.25, -0.2) is 0 Å². The fraction of sp³-hybridized carbons (Fsp3) is 0.125. The molecule has 0 aliphatic rings. The molecule has 1 rings (SSSR count). The van der Waals surface area contributed by atoms with Gasteiger partial charge >= 0.3 is 0 Å². The maximum atomic E-state index is 5.39. The van der Waals surface area contributed by atoms with Gasteiger partial charge in [-0.2, -0.15) is 4.98 Å². The maximum absolute atomic E-state index is 5.39. The number of anilines is 1. The van der Waals surface area contributed by atoms with E-state index in [9.17, 15) is 0 Å². The first kappa shape index (κ1) is 7.42. The zero-order valence-corrected chi connectivity index (χ0v) is 5.95. The summed E-state index contributed by atoms with van der Waals surface area (Å²) in [5, 5.41) is 0. The van der Waals surface area contributed by atoms with E-state index >= 15 is 0 Å². The van der Waals surface area contributed by atoms with Gasteiger partial charge in [0.25, 0.3) is 0 Å². The molecule has 1 aromatic rings. The Labute approximate surface area is 65.2 Å². The molecule has 2 N–H and O–H groups in total. The van der Waals surface area contributed by atoms with Crippen molar-refractivity contribution in [2.75, 3.05) is 12.3 Å². The lowest BCUT2D eigenvalue weighted by Gasteiger charge is -1.99. The maximum Gasteiger partial charge on any atom is 0.216 e. The van der Waals surface area contributed by atoms with Crippen molar-refractivity contribution in [1.29, 1.82) is 0 Å². The van der Waals surface area contributed by atoms with E-state index in [0.29, 0.717) is 11.7 Å². The molecule has 0 saturated carbocycles. The van der Waals surface area contributed by atoms with Crippen LogP contribution in [0.15, 0.2) is 18.2 Å². The first-order chi connectivity index (χ1) is 5.33. The van der Waals surface area contributed by atoms with Crippen LogP contribution in [-0.4, -0.2) is 11.6 Å². The van der Waals surface area contributed by atoms with Crippen molar-refractivity contribution < 1.29 is 4.74 Å². The van der Waals surface area contributed by atoms with Gasteiger partial charge in [-0.3, -0.25) is 0 Å². The highest BCUT2D eigenvalue weighted by atomic mass is 16.5. The van der Waals surface area contributed by atoms with E-state index in [4.69, 9.17) is 16.9 Å². The second-order valence-corrected chi connectivity index (χ2v) is 1.89. The van der Waals surface area contributed by atoms with Crippen LogP contribution in [0.5, 0.6) is 5.88 Å². The number of rotatable bonds is 2. The topological polar surface area (TPSA) is 48.1 Å². The summed E-state index contributed by atoms with van der Waals surface area (Å²) in [7, 11) is 0. The number of hydrogen-bond donors (Lipinski definition) is 1. The largest absolute Gasteiger partial charge is 0.464 e. The van der Waals surface area contributed by atoms with Gasteiger partial charge in [-0.15, -0.1) is 6.42 Å². The van der Waals surface area contributed by atoms with Crippen LogP contribution in [0, 0.1) is 12.3 Å². The minimum atomic E-state index is 0.219. The lowest BCUT2D eigenvalue weighted by atomic mass is 10.4. The second kappa shape index (κ2) is 3.47. The molecule has 0 saturated heterocycles. The number of hydrogen-bond acceptors (Lipinski definition) is 3. The zero-order chi connectivity index (χ0) is 8.10. The summed E-state index contributed by atoms with van der Waals surface area (Å²) in [5.41, 5.74) is 5.39. The van der Waals surface area contributed by atoms with Crippen LogP contribution in [0.2, 0.25) is 0 Å². The van der Waals surface area contributed by atoms with Crippen molar-refractivity contribution in [2.24, 2.45) is 0 Å². The van der Waals surface area contributed by atoms with E-state index < -0.39 is 0 Å². The van der Waals surface area contributed by atoms with Crippen molar-refractivity contribution in [3.63, 3.8) is 0 Å². The van der Waals surface area contributed by atoms with Crippen molar-refractivity contribution in [2.45, 2.75) is 0 Å². The normalized spacial score (nSPS) is 8.64. The SMILES string of the molecule is C#CCOc1cccc(N)n1. The molecule has 0 aromatic carbocycles. The smallest absolute Gasteiger partial charge is 0.216 e. The number of pyridine rings is 1. The Morgan fingerprint density at radius 1 is 1.64 bits per heavy atom. The second-order valence-electron chi connectivity index (χ2n) is 1.89. The molecule has 11 heavy (non-hydrogen) atoms. The molecule has 0 spiro atoms. The minimum Gasteiger partial charge on any atom is -0.464 e. The third-order valence-corrected chi connectivity index (χ3v) is 1.05. The summed E-state index contributed by atoms with van der Waals surface area (Å²) in [6.07, 6.45) is 4.98. The van der Waals surface area contributed by atoms with Crippen LogP contribution < -0.4 is 10.5 Å². The first-order valence-corrected chi connectivity index (χ1v) is 3.11. The molecule has 0 atom stereocenters. The van der Waals surface area contributed by atoms with E-state index in [1.165, 1.54) is 0 Å². The number of nitrogens with zero attached hydrogens (tertiary/aromatic N) is 1. The lowest BCUT2D eigenvalue weighted by molar-refractivity contribution is 0.356. The summed E-state index contributed by atoms with van der Waals surface area (Å²) in [6, 6.07) is 5.14. The molecule has 0 aliphatic carbocycles. The Morgan fingerprint density at radius 2 is 2.45 bits per heavy atom. The molecule has 0 unspecified atom stereocenters. The van der Waals surface area contributed by atoms with Gasteiger partial charge in [-0.05, 0) is 6.07 Å². The van der Waals surface area contributed by atoms with Crippen LogP contribution in [-0.2, 0) is 0 Å². The number of terminal acetylenes is 1. The summed E-state index contributed by atoms with van der Waals surface area (Å²) in [6.45, 7) is 0.219. The molecular weight excluding hydrogens is 140 g/mol. The zero-order valence-electron chi connectivity index (χ0n) is 5.95. The van der Waals surface area contributed by atoms with Crippen LogP contribution in [0.25, 0.3) is 0 Å². The fourth-order valence-electron chi connectivity index (χ4n) is 0.627. The highest BCUT2D eigenvalue weighted by molar-refractivity contribution is 5.31. The van der Waals surface area contributed by atoms with Gasteiger partial charge in [-0.1, -0.05) is 12.0 Å². The lowest BCUT2D eigenvalue weighted by Crippen LogP contribution is -1.97. The predicted octanol–water partition coefficient (Wildman–Crippen LogP) is 0.676. The van der Waals surface area contributed by atoms with Crippen molar-refractivity contribution in [3.05, 3.63) is 18.2 Å². The van der Waals surface area contributed by atoms with Gasteiger partial charge in [0.15, 0.2) is 6.61 Å². The van der Waals surface area contributed by atoms with Gasteiger partial charge in [0.05, 0.1) is 0 Å². The number of nitrogens with two attached hydrogens (primary N) is 1. The van der Waals surface area contributed by atoms with E-state index in [-0.39, 0.29) is 6.61 Å². The quantitative estimate of drug-likeness (QED) is 0.627. The van der Waals surface area contributed by atoms with Crippen LogP contribution >= 0.6 is 0 Å². The molecular formula is C8H8N2O. The highest BCUT2D eigenvalue weighted by Crippen LogP contribution is 2.07. The number of ether oxygens (including phenoxy) is 1. The van der Waals surface area contributed by atoms with E-state index in [1.54, 1.807) is 18.2 Å². The van der Waals surface area contributed by atoms with Gasteiger partial charge < -0.3 is 10.5 Å². The average molecular weight is 148 g/mol. The molecule has 0 radical (unpaired) electrons. The van der Waals surface area contributed by atoms with Gasteiger partial charge in [0, 0.05) is 6.07 Å². The fourth-order valence-corrected chi connectivity index (χ4v) is 0.627. The van der Waals surface area contributed by atoms with E-state index in [2.05, 4.69) is 10.9 Å². The number of aromatic nitrogens is 1. The third kappa shape index (κ3) is 2.18. The van der Waals surface area contributed by atoms with E-state index in [1.807, 2.05) is 0 Å². The summed E-state index contributed by atoms with van der Waals surface area (Å²) in [5.74, 6) is 3.22. The Morgan fingerprint density at radius 3 is 3.09 bits per heavy atom. The highest BCUT2D eigenvalue weighted by Gasteiger charge is 1.92. The number of nitrogen functional groups attached to an aromatic ring is 1. The molecule has 3 heteroatoms. The van der Waals surface area contributed by atoms with Gasteiger partial charge in [0.1, 0.15) is 5.82 Å². The summed E-state index contributed by atoms with van der Waals surface area (Å²) in [4.78, 5) is 3.87.